The van der Waals surface area contributed by atoms with Gasteiger partial charge in [-0.3, -0.25) is 0 Å². The van der Waals surface area contributed by atoms with Gasteiger partial charge in [0.15, 0.2) is 0 Å². The van der Waals surface area contributed by atoms with E-state index in [1.54, 1.807) is 12.1 Å². The lowest BCUT2D eigenvalue weighted by atomic mass is 9.76. The molecule has 0 radical (unpaired) electrons. The molecule has 0 saturated heterocycles. The lowest BCUT2D eigenvalue weighted by molar-refractivity contribution is 0.393. The molecule has 1 aliphatic carbocycles. The van der Waals surface area contributed by atoms with E-state index in [9.17, 15) is 8.78 Å². The molecule has 1 saturated carbocycles. The lowest BCUT2D eigenvalue weighted by Crippen LogP contribution is -2.13. The number of hydrogen-bond donors (Lipinski definition) is 0. The van der Waals surface area contributed by atoms with Crippen LogP contribution in [0.2, 0.25) is 0 Å². The van der Waals surface area contributed by atoms with E-state index in [4.69, 9.17) is 0 Å². The summed E-state index contributed by atoms with van der Waals surface area (Å²) in [5, 5.41) is 0. The summed E-state index contributed by atoms with van der Waals surface area (Å²) in [6, 6.07) is 22.2. The fourth-order valence-corrected chi connectivity index (χ4v) is 5.26. The Morgan fingerprint density at radius 3 is 1.91 bits per heavy atom. The molecule has 0 aliphatic heterocycles. The van der Waals surface area contributed by atoms with Gasteiger partial charge in [0.25, 0.3) is 0 Å². The lowest BCUT2D eigenvalue weighted by Gasteiger charge is -2.29. The van der Waals surface area contributed by atoms with E-state index < -0.39 is 11.6 Å². The molecule has 1 atom stereocenters. The van der Waals surface area contributed by atoms with Crippen LogP contribution >= 0.6 is 0 Å². The van der Waals surface area contributed by atoms with Gasteiger partial charge in [0, 0.05) is 5.56 Å². The van der Waals surface area contributed by atoms with Crippen LogP contribution in [0.3, 0.4) is 0 Å². The van der Waals surface area contributed by atoms with E-state index in [2.05, 4.69) is 31.2 Å². The van der Waals surface area contributed by atoms with Crippen LogP contribution in [-0.2, 0) is 12.8 Å². The summed E-state index contributed by atoms with van der Waals surface area (Å²) in [6.07, 6.45) is 6.80. The molecule has 0 heterocycles. The fraction of sp³-hybridized carbons (Fsp3) is 0.400. The van der Waals surface area contributed by atoms with Gasteiger partial charge in [-0.25, -0.2) is 8.78 Å². The third-order valence-corrected chi connectivity index (χ3v) is 7.23. The number of aryl methyl sites for hydroxylation is 1. The Morgan fingerprint density at radius 1 is 0.781 bits per heavy atom. The van der Waals surface area contributed by atoms with E-state index >= 15 is 0 Å². The summed E-state index contributed by atoms with van der Waals surface area (Å²) in [4.78, 5) is 0. The predicted molar refractivity (Wildman–Crippen MR) is 129 cm³/mol. The predicted octanol–water partition coefficient (Wildman–Crippen LogP) is 8.70. The van der Waals surface area contributed by atoms with Gasteiger partial charge in [0.05, 0.1) is 0 Å². The first-order chi connectivity index (χ1) is 15.5. The molecule has 1 aliphatic rings. The SMILES string of the molecule is CCCc1ccc(C2CCC(c3cc(F)c(CC(C)c4ccccc4)c(F)c3)CC2)cc1. The number of benzene rings is 3. The van der Waals surface area contributed by atoms with Gasteiger partial charge in [-0.1, -0.05) is 74.9 Å². The van der Waals surface area contributed by atoms with Crippen LogP contribution in [0.15, 0.2) is 66.7 Å². The van der Waals surface area contributed by atoms with E-state index in [1.165, 1.54) is 17.5 Å². The molecule has 3 aromatic carbocycles. The van der Waals surface area contributed by atoms with Crippen LogP contribution in [0.4, 0.5) is 8.78 Å². The minimum absolute atomic E-state index is 0.0743. The van der Waals surface area contributed by atoms with Gasteiger partial charge in [-0.15, -0.1) is 0 Å². The molecule has 1 fully saturated rings. The molecule has 0 spiro atoms. The second-order valence-electron chi connectivity index (χ2n) is 9.52. The van der Waals surface area contributed by atoms with Crippen LogP contribution in [0, 0.1) is 11.6 Å². The zero-order valence-electron chi connectivity index (χ0n) is 19.3. The van der Waals surface area contributed by atoms with Crippen LogP contribution in [0.25, 0.3) is 0 Å². The topological polar surface area (TPSA) is 0 Å². The van der Waals surface area contributed by atoms with Crippen LogP contribution in [-0.4, -0.2) is 0 Å². The number of hydrogen-bond acceptors (Lipinski definition) is 0. The third-order valence-electron chi connectivity index (χ3n) is 7.23. The summed E-state index contributed by atoms with van der Waals surface area (Å²) in [5.74, 6) is 0.0934. The molecule has 32 heavy (non-hydrogen) atoms. The van der Waals surface area contributed by atoms with Crippen LogP contribution in [0.1, 0.15) is 91.5 Å². The van der Waals surface area contributed by atoms with E-state index in [1.807, 2.05) is 37.3 Å². The summed E-state index contributed by atoms with van der Waals surface area (Å²) >= 11 is 0. The van der Waals surface area contributed by atoms with Crippen LogP contribution < -0.4 is 0 Å². The zero-order chi connectivity index (χ0) is 22.5. The highest BCUT2D eigenvalue weighted by Crippen LogP contribution is 2.41. The summed E-state index contributed by atoms with van der Waals surface area (Å²) in [6.45, 7) is 4.23. The smallest absolute Gasteiger partial charge is 0.129 e. The average molecular weight is 433 g/mol. The molecule has 0 aromatic heterocycles. The van der Waals surface area contributed by atoms with Gasteiger partial charge in [-0.05, 0) is 90.7 Å². The second-order valence-corrected chi connectivity index (χ2v) is 9.52. The molecule has 0 amide bonds. The molecule has 3 aromatic rings. The Hall–Kier alpha value is -2.48. The maximum Gasteiger partial charge on any atom is 0.129 e. The molecular formula is C30H34F2. The molecular weight excluding hydrogens is 398 g/mol. The highest BCUT2D eigenvalue weighted by Gasteiger charge is 2.25. The molecule has 1 unspecified atom stereocenters. The van der Waals surface area contributed by atoms with Gasteiger partial charge < -0.3 is 0 Å². The minimum Gasteiger partial charge on any atom is -0.207 e. The third kappa shape index (κ3) is 5.28. The largest absolute Gasteiger partial charge is 0.207 e. The van der Waals surface area contributed by atoms with Crippen molar-refractivity contribution in [2.24, 2.45) is 0 Å². The second kappa shape index (κ2) is 10.4. The van der Waals surface area contributed by atoms with Crippen molar-refractivity contribution in [1.29, 1.82) is 0 Å². The maximum absolute atomic E-state index is 14.9. The zero-order valence-corrected chi connectivity index (χ0v) is 19.3. The number of halogens is 2. The Bertz CT molecular complexity index is 976. The minimum atomic E-state index is -0.392. The molecule has 0 bridgehead atoms. The van der Waals surface area contributed by atoms with Gasteiger partial charge >= 0.3 is 0 Å². The van der Waals surface area contributed by atoms with Crippen molar-refractivity contribution in [3.8, 4) is 0 Å². The maximum atomic E-state index is 14.9. The summed E-state index contributed by atoms with van der Waals surface area (Å²) in [5.41, 5.74) is 4.96. The van der Waals surface area contributed by atoms with E-state index in [0.29, 0.717) is 12.3 Å². The van der Waals surface area contributed by atoms with E-state index in [0.717, 1.165) is 43.2 Å². The van der Waals surface area contributed by atoms with Crippen molar-refractivity contribution in [2.45, 2.75) is 76.5 Å². The molecule has 168 valence electrons. The first kappa shape index (κ1) is 22.7. The first-order valence-electron chi connectivity index (χ1n) is 12.2. The van der Waals surface area contributed by atoms with Crippen LogP contribution in [0.5, 0.6) is 0 Å². The van der Waals surface area contributed by atoms with Crippen molar-refractivity contribution >= 4 is 0 Å². The van der Waals surface area contributed by atoms with Crippen molar-refractivity contribution in [3.05, 3.63) is 106 Å². The van der Waals surface area contributed by atoms with Gasteiger partial charge in [-0.2, -0.15) is 0 Å². The first-order valence-corrected chi connectivity index (χ1v) is 12.2. The van der Waals surface area contributed by atoms with Gasteiger partial charge in [0.2, 0.25) is 0 Å². The van der Waals surface area contributed by atoms with Gasteiger partial charge in [0.1, 0.15) is 11.6 Å². The summed E-state index contributed by atoms with van der Waals surface area (Å²) < 4.78 is 29.9. The molecule has 0 nitrogen and oxygen atoms in total. The highest BCUT2D eigenvalue weighted by molar-refractivity contribution is 5.32. The van der Waals surface area contributed by atoms with Crippen molar-refractivity contribution in [1.82, 2.24) is 0 Å². The molecule has 4 rings (SSSR count). The van der Waals surface area contributed by atoms with Crippen molar-refractivity contribution in [2.75, 3.05) is 0 Å². The quantitative estimate of drug-likeness (QED) is 0.350. The normalized spacial score (nSPS) is 19.6. The highest BCUT2D eigenvalue weighted by atomic mass is 19.1. The Balaban J connectivity index is 1.40. The monoisotopic (exact) mass is 432 g/mol. The van der Waals surface area contributed by atoms with E-state index in [-0.39, 0.29) is 17.4 Å². The Labute approximate surface area is 191 Å². The Morgan fingerprint density at radius 2 is 1.34 bits per heavy atom. The average Bonchev–Trinajstić information content (AvgIpc) is 2.82. The van der Waals surface area contributed by atoms with Crippen molar-refractivity contribution < 1.29 is 8.78 Å². The molecule has 2 heteroatoms. The standard InChI is InChI=1S/C30H34F2/c1-3-7-22-10-12-24(13-11-22)25-14-16-26(17-15-25)27-19-29(31)28(30(32)20-27)18-21(2)23-8-5-4-6-9-23/h4-6,8-13,19-21,25-26H,3,7,14-18H2,1-2H3. The Kier molecular flexibility index (Phi) is 7.40. The molecule has 0 N–H and O–H groups in total. The van der Waals surface area contributed by atoms with Crippen molar-refractivity contribution in [3.63, 3.8) is 0 Å². The number of rotatable bonds is 7. The fourth-order valence-electron chi connectivity index (χ4n) is 5.26. The summed E-state index contributed by atoms with van der Waals surface area (Å²) in [7, 11) is 0.